The minimum Gasteiger partial charge on any atom is -0.497 e. The van der Waals surface area contributed by atoms with Crippen LogP contribution >= 0.6 is 0 Å². The minimum absolute atomic E-state index is 0.0141. The summed E-state index contributed by atoms with van der Waals surface area (Å²) < 4.78 is 45.5. The number of amides is 1. The lowest BCUT2D eigenvalue weighted by atomic mass is 10.1. The fourth-order valence-electron chi connectivity index (χ4n) is 4.46. The Labute approximate surface area is 238 Å². The van der Waals surface area contributed by atoms with Gasteiger partial charge in [0, 0.05) is 18.6 Å². The predicted molar refractivity (Wildman–Crippen MR) is 151 cm³/mol. The second kappa shape index (κ2) is 11.5. The summed E-state index contributed by atoms with van der Waals surface area (Å²) in [5.41, 5.74) is 14.5. The van der Waals surface area contributed by atoms with Gasteiger partial charge in [-0.2, -0.15) is 19.7 Å². The standard InChI is InChI=1S/C28H26F2N8O4/c1-40-18-8-15(9-19(12-18)41-2)14-37(28(39)42-3)24-25(31)34-27(35-26(24)32)38-22-11-17(29)13-33-23(22)21(36-38)10-16-6-4-5-7-20(16)30/h4-9,11-13H,10,14H2,1-3H3,(H4,31,32,34,35). The smallest absolute Gasteiger partial charge is 0.414 e. The highest BCUT2D eigenvalue weighted by Crippen LogP contribution is 2.33. The summed E-state index contributed by atoms with van der Waals surface area (Å²) in [6, 6.07) is 12.5. The molecule has 0 atom stereocenters. The van der Waals surface area contributed by atoms with E-state index in [0.717, 1.165) is 11.1 Å². The molecule has 0 radical (unpaired) electrons. The third-order valence-electron chi connectivity index (χ3n) is 6.40. The fourth-order valence-corrected chi connectivity index (χ4v) is 4.46. The Morgan fingerprint density at radius 1 is 0.976 bits per heavy atom. The Morgan fingerprint density at radius 3 is 2.26 bits per heavy atom. The molecule has 0 bridgehead atoms. The first-order valence-electron chi connectivity index (χ1n) is 12.5. The van der Waals surface area contributed by atoms with Gasteiger partial charge < -0.3 is 25.7 Å². The van der Waals surface area contributed by atoms with Crippen molar-refractivity contribution in [1.29, 1.82) is 0 Å². The normalized spacial score (nSPS) is 11.0. The number of aromatic nitrogens is 5. The summed E-state index contributed by atoms with van der Waals surface area (Å²) in [7, 11) is 4.21. The highest BCUT2D eigenvalue weighted by Gasteiger charge is 2.26. The van der Waals surface area contributed by atoms with Crippen LogP contribution in [0.5, 0.6) is 11.5 Å². The van der Waals surface area contributed by atoms with E-state index >= 15 is 0 Å². The molecule has 12 nitrogen and oxygen atoms in total. The minimum atomic E-state index is -0.783. The van der Waals surface area contributed by atoms with Crippen molar-refractivity contribution in [3.63, 3.8) is 0 Å². The molecule has 3 heterocycles. The number of ether oxygens (including phenoxy) is 3. The van der Waals surface area contributed by atoms with Gasteiger partial charge in [0.1, 0.15) is 34.3 Å². The molecule has 14 heteroatoms. The fraction of sp³-hybridized carbons (Fsp3) is 0.179. The van der Waals surface area contributed by atoms with E-state index in [1.165, 1.54) is 38.1 Å². The highest BCUT2D eigenvalue weighted by atomic mass is 19.1. The number of benzene rings is 2. The van der Waals surface area contributed by atoms with Crippen LogP contribution in [0.3, 0.4) is 0 Å². The number of carbonyl (C=O) groups excluding carboxylic acids is 1. The molecule has 216 valence electrons. The maximum atomic E-state index is 14.4. The maximum Gasteiger partial charge on any atom is 0.414 e. The quantitative estimate of drug-likeness (QED) is 0.276. The van der Waals surface area contributed by atoms with Crippen molar-refractivity contribution < 1.29 is 27.8 Å². The molecule has 0 aliphatic rings. The molecule has 0 unspecified atom stereocenters. The summed E-state index contributed by atoms with van der Waals surface area (Å²) in [6.07, 6.45) is 0.320. The molecular formula is C28H26F2N8O4. The number of rotatable bonds is 8. The topological polar surface area (TPSA) is 157 Å². The van der Waals surface area contributed by atoms with Gasteiger partial charge in [-0.15, -0.1) is 0 Å². The largest absolute Gasteiger partial charge is 0.497 e. The molecule has 4 N–H and O–H groups in total. The molecule has 0 saturated carbocycles. The number of methoxy groups -OCH3 is 3. The van der Waals surface area contributed by atoms with Crippen LogP contribution in [-0.4, -0.2) is 52.2 Å². The Hall–Kier alpha value is -5.53. The van der Waals surface area contributed by atoms with Crippen LogP contribution in [0.25, 0.3) is 17.0 Å². The van der Waals surface area contributed by atoms with Crippen molar-refractivity contribution in [3.05, 3.63) is 83.2 Å². The lowest BCUT2D eigenvalue weighted by Crippen LogP contribution is -2.32. The zero-order valence-corrected chi connectivity index (χ0v) is 22.8. The molecule has 42 heavy (non-hydrogen) atoms. The number of carbonyl (C=O) groups is 1. The zero-order chi connectivity index (χ0) is 30.0. The third kappa shape index (κ3) is 5.41. The lowest BCUT2D eigenvalue weighted by Gasteiger charge is -2.24. The van der Waals surface area contributed by atoms with Gasteiger partial charge in [-0.3, -0.25) is 4.90 Å². The van der Waals surface area contributed by atoms with Crippen LogP contribution in [-0.2, 0) is 17.7 Å². The SMILES string of the molecule is COC(=O)N(Cc1cc(OC)cc(OC)c1)c1c(N)nc(-n2nc(Cc3ccccc3F)c3ncc(F)cc32)nc1N. The molecule has 0 saturated heterocycles. The average molecular weight is 577 g/mol. The van der Waals surface area contributed by atoms with Crippen LogP contribution in [0, 0.1) is 11.6 Å². The van der Waals surface area contributed by atoms with E-state index in [-0.39, 0.29) is 41.8 Å². The molecule has 5 aromatic rings. The summed E-state index contributed by atoms with van der Waals surface area (Å²) in [4.78, 5) is 26.9. The van der Waals surface area contributed by atoms with E-state index < -0.39 is 17.7 Å². The van der Waals surface area contributed by atoms with Gasteiger partial charge in [0.15, 0.2) is 11.6 Å². The zero-order valence-electron chi connectivity index (χ0n) is 22.8. The first kappa shape index (κ1) is 28.0. The van der Waals surface area contributed by atoms with Gasteiger partial charge in [-0.25, -0.2) is 18.6 Å². The van der Waals surface area contributed by atoms with Crippen molar-refractivity contribution >= 4 is 34.4 Å². The van der Waals surface area contributed by atoms with Crippen molar-refractivity contribution in [3.8, 4) is 17.4 Å². The maximum absolute atomic E-state index is 14.4. The average Bonchev–Trinajstić information content (AvgIpc) is 3.33. The van der Waals surface area contributed by atoms with Crippen LogP contribution in [0.15, 0.2) is 54.7 Å². The van der Waals surface area contributed by atoms with E-state index in [1.54, 1.807) is 36.4 Å². The second-order valence-electron chi connectivity index (χ2n) is 9.07. The third-order valence-corrected chi connectivity index (χ3v) is 6.40. The van der Waals surface area contributed by atoms with Gasteiger partial charge in [-0.05, 0) is 29.3 Å². The van der Waals surface area contributed by atoms with E-state index in [0.29, 0.717) is 33.8 Å². The van der Waals surface area contributed by atoms with Crippen molar-refractivity contribution in [1.82, 2.24) is 24.7 Å². The number of nitrogens with zero attached hydrogens (tertiary/aromatic N) is 6. The Kier molecular flexibility index (Phi) is 7.69. The highest BCUT2D eigenvalue weighted by molar-refractivity contribution is 5.95. The van der Waals surface area contributed by atoms with Gasteiger partial charge >= 0.3 is 6.09 Å². The number of pyridine rings is 1. The van der Waals surface area contributed by atoms with Crippen LogP contribution < -0.4 is 25.8 Å². The molecule has 0 fully saturated rings. The summed E-state index contributed by atoms with van der Waals surface area (Å²) in [5, 5.41) is 4.50. The van der Waals surface area contributed by atoms with E-state index in [9.17, 15) is 13.6 Å². The number of hydrogen-bond donors (Lipinski definition) is 2. The number of anilines is 3. The van der Waals surface area contributed by atoms with Gasteiger partial charge in [0.2, 0.25) is 0 Å². The second-order valence-corrected chi connectivity index (χ2v) is 9.07. The summed E-state index contributed by atoms with van der Waals surface area (Å²) >= 11 is 0. The van der Waals surface area contributed by atoms with Crippen molar-refractivity contribution in [2.45, 2.75) is 13.0 Å². The van der Waals surface area contributed by atoms with Crippen LogP contribution in [0.4, 0.5) is 30.9 Å². The van der Waals surface area contributed by atoms with Crippen LogP contribution in [0.2, 0.25) is 0 Å². The van der Waals surface area contributed by atoms with Crippen molar-refractivity contribution in [2.24, 2.45) is 0 Å². The van der Waals surface area contributed by atoms with Gasteiger partial charge in [0.05, 0.1) is 45.3 Å². The van der Waals surface area contributed by atoms with Crippen molar-refractivity contribution in [2.75, 3.05) is 37.7 Å². The number of nitrogens with two attached hydrogens (primary N) is 2. The molecule has 5 rings (SSSR count). The lowest BCUT2D eigenvalue weighted by molar-refractivity contribution is 0.178. The number of nitrogen functional groups attached to an aromatic ring is 2. The van der Waals surface area contributed by atoms with Gasteiger partial charge in [0.25, 0.3) is 5.95 Å². The monoisotopic (exact) mass is 576 g/mol. The van der Waals surface area contributed by atoms with Gasteiger partial charge in [-0.1, -0.05) is 18.2 Å². The number of hydrogen-bond acceptors (Lipinski definition) is 10. The number of fused-ring (bicyclic) bond motifs is 1. The molecule has 0 spiro atoms. The van der Waals surface area contributed by atoms with E-state index in [1.807, 2.05) is 0 Å². The Bertz CT molecular complexity index is 1750. The van der Waals surface area contributed by atoms with Crippen LogP contribution in [0.1, 0.15) is 16.8 Å². The predicted octanol–water partition coefficient (Wildman–Crippen LogP) is 4.03. The summed E-state index contributed by atoms with van der Waals surface area (Å²) in [5.74, 6) is -0.530. The first-order valence-corrected chi connectivity index (χ1v) is 12.5. The molecule has 0 aliphatic carbocycles. The summed E-state index contributed by atoms with van der Waals surface area (Å²) in [6.45, 7) is -0.0516. The molecular weight excluding hydrogens is 550 g/mol. The molecule has 2 aromatic carbocycles. The Balaban J connectivity index is 1.58. The molecule has 1 amide bonds. The first-order chi connectivity index (χ1) is 20.2. The number of halogens is 2. The van der Waals surface area contributed by atoms with E-state index in [2.05, 4.69) is 20.1 Å². The molecule has 3 aromatic heterocycles. The molecule has 0 aliphatic heterocycles. The van der Waals surface area contributed by atoms with E-state index in [4.69, 9.17) is 25.7 Å². The Morgan fingerprint density at radius 2 is 1.64 bits per heavy atom.